The average Bonchev–Trinajstić information content (AvgIpc) is 2.54. The third-order valence-electron chi connectivity index (χ3n) is 3.61. The zero-order valence-electron chi connectivity index (χ0n) is 13.6. The van der Waals surface area contributed by atoms with E-state index in [-0.39, 0.29) is 23.1 Å². The van der Waals surface area contributed by atoms with Crippen LogP contribution in [0.2, 0.25) is 0 Å². The van der Waals surface area contributed by atoms with Gasteiger partial charge < -0.3 is 5.32 Å². The third kappa shape index (κ3) is 5.59. The van der Waals surface area contributed by atoms with Crippen LogP contribution in [0.4, 0.5) is 5.69 Å². The number of unbranched alkanes of at least 4 members (excludes halogenated alkanes) is 1. The van der Waals surface area contributed by atoms with Crippen molar-refractivity contribution in [1.82, 2.24) is 9.62 Å². The molecule has 1 heterocycles. The predicted molar refractivity (Wildman–Crippen MR) is 97.6 cm³/mol. The van der Waals surface area contributed by atoms with E-state index in [1.54, 1.807) is 0 Å². The van der Waals surface area contributed by atoms with Crippen molar-refractivity contribution in [2.24, 2.45) is 0 Å². The summed E-state index contributed by atoms with van der Waals surface area (Å²) in [7, 11) is -6.90. The fourth-order valence-electron chi connectivity index (χ4n) is 2.29. The van der Waals surface area contributed by atoms with Crippen molar-refractivity contribution in [2.45, 2.75) is 24.7 Å². The Hall–Kier alpha value is -0.870. The Morgan fingerprint density at radius 1 is 1.08 bits per heavy atom. The van der Waals surface area contributed by atoms with Gasteiger partial charge in [0.05, 0.1) is 10.6 Å². The van der Waals surface area contributed by atoms with E-state index in [9.17, 15) is 16.8 Å². The van der Waals surface area contributed by atoms with Crippen LogP contribution in [0.3, 0.4) is 0 Å². The van der Waals surface area contributed by atoms with Gasteiger partial charge in [0.1, 0.15) is 0 Å². The summed E-state index contributed by atoms with van der Waals surface area (Å²) >= 11 is 0. The van der Waals surface area contributed by atoms with Crippen LogP contribution in [-0.4, -0.2) is 53.1 Å². The molecule has 1 fully saturated rings. The fraction of sp³-hybridized carbons (Fsp3) is 0.571. The molecule has 0 radical (unpaired) electrons. The van der Waals surface area contributed by atoms with Crippen LogP contribution in [0, 0.1) is 0 Å². The van der Waals surface area contributed by atoms with Crippen molar-refractivity contribution < 1.29 is 16.8 Å². The molecule has 0 saturated carbocycles. The van der Waals surface area contributed by atoms with Gasteiger partial charge in [-0.2, -0.15) is 4.31 Å². The van der Waals surface area contributed by atoms with Crippen molar-refractivity contribution in [2.75, 3.05) is 36.7 Å². The monoisotopic (exact) mass is 397 g/mol. The number of sulfonamides is 2. The summed E-state index contributed by atoms with van der Waals surface area (Å²) in [6.07, 6.45) is 1.38. The molecule has 7 nitrogen and oxygen atoms in total. The molecule has 0 spiro atoms. The first kappa shape index (κ1) is 21.2. The quantitative estimate of drug-likeness (QED) is 0.721. The van der Waals surface area contributed by atoms with Gasteiger partial charge in [0, 0.05) is 31.9 Å². The molecule has 0 bridgehead atoms. The highest BCUT2D eigenvalue weighted by atomic mass is 35.5. The predicted octanol–water partition coefficient (Wildman–Crippen LogP) is 1.24. The van der Waals surface area contributed by atoms with Crippen molar-refractivity contribution in [3.05, 3.63) is 24.3 Å². The summed E-state index contributed by atoms with van der Waals surface area (Å²) in [5.74, 6) is 0.0598. The molecule has 10 heteroatoms. The van der Waals surface area contributed by atoms with Crippen LogP contribution >= 0.6 is 12.4 Å². The number of nitrogens with one attached hydrogen (secondary N) is 2. The molecule has 1 aliphatic heterocycles. The molecule has 138 valence electrons. The van der Waals surface area contributed by atoms with Crippen molar-refractivity contribution in [1.29, 1.82) is 0 Å². The molecule has 0 aliphatic carbocycles. The van der Waals surface area contributed by atoms with E-state index < -0.39 is 20.0 Å². The largest absolute Gasteiger partial charge is 0.314 e. The van der Waals surface area contributed by atoms with E-state index in [1.165, 1.54) is 28.6 Å². The summed E-state index contributed by atoms with van der Waals surface area (Å²) in [5, 5.41) is 3.11. The topological polar surface area (TPSA) is 95.6 Å². The Morgan fingerprint density at radius 2 is 1.67 bits per heavy atom. The molecule has 0 unspecified atom stereocenters. The zero-order valence-corrected chi connectivity index (χ0v) is 16.0. The minimum Gasteiger partial charge on any atom is -0.314 e. The minimum atomic E-state index is -3.52. The van der Waals surface area contributed by atoms with Crippen LogP contribution in [-0.2, 0) is 20.0 Å². The van der Waals surface area contributed by atoms with Gasteiger partial charge in [-0.25, -0.2) is 16.8 Å². The summed E-state index contributed by atoms with van der Waals surface area (Å²) in [6.45, 7) is 4.07. The van der Waals surface area contributed by atoms with E-state index >= 15 is 0 Å². The highest BCUT2D eigenvalue weighted by Gasteiger charge is 2.25. The second-order valence-corrected chi connectivity index (χ2v) is 9.23. The third-order valence-corrected chi connectivity index (χ3v) is 6.89. The Labute approximate surface area is 150 Å². The van der Waals surface area contributed by atoms with Gasteiger partial charge in [-0.15, -0.1) is 12.4 Å². The Bertz CT molecular complexity index is 715. The van der Waals surface area contributed by atoms with Crippen LogP contribution in [0.25, 0.3) is 0 Å². The first-order chi connectivity index (χ1) is 10.8. The Balaban J connectivity index is 0.00000288. The van der Waals surface area contributed by atoms with Gasteiger partial charge in [-0.1, -0.05) is 13.3 Å². The lowest BCUT2D eigenvalue weighted by Gasteiger charge is -2.26. The normalized spacial score (nSPS) is 16.4. The van der Waals surface area contributed by atoms with Crippen LogP contribution in [0.15, 0.2) is 29.2 Å². The summed E-state index contributed by atoms with van der Waals surface area (Å²) in [4.78, 5) is 0.177. The second-order valence-electron chi connectivity index (χ2n) is 5.45. The fourth-order valence-corrected chi connectivity index (χ4v) is 5.00. The van der Waals surface area contributed by atoms with E-state index in [0.29, 0.717) is 38.3 Å². The standard InChI is InChI=1S/C14H23N3O4S2.ClH/c1-2-3-12-22(18,19)16-13-4-6-14(7-5-13)23(20,21)17-10-8-15-9-11-17;/h4-7,15-16H,2-3,8-12H2,1H3;1H. The number of hydrogen-bond donors (Lipinski definition) is 2. The maximum atomic E-state index is 12.5. The van der Waals surface area contributed by atoms with Gasteiger partial charge in [-0.3, -0.25) is 4.72 Å². The summed E-state index contributed by atoms with van der Waals surface area (Å²) in [5.41, 5.74) is 0.375. The Morgan fingerprint density at radius 3 is 2.21 bits per heavy atom. The molecule has 24 heavy (non-hydrogen) atoms. The first-order valence-corrected chi connectivity index (χ1v) is 10.8. The highest BCUT2D eigenvalue weighted by molar-refractivity contribution is 7.92. The van der Waals surface area contributed by atoms with E-state index in [2.05, 4.69) is 10.0 Å². The van der Waals surface area contributed by atoms with E-state index in [4.69, 9.17) is 0 Å². The number of piperazine rings is 1. The van der Waals surface area contributed by atoms with Crippen molar-refractivity contribution in [3.63, 3.8) is 0 Å². The molecular weight excluding hydrogens is 374 g/mol. The Kier molecular flexibility index (Phi) is 7.94. The summed E-state index contributed by atoms with van der Waals surface area (Å²) in [6, 6.07) is 5.85. The lowest BCUT2D eigenvalue weighted by Crippen LogP contribution is -2.46. The molecule has 1 aromatic carbocycles. The van der Waals surface area contributed by atoms with Crippen molar-refractivity contribution in [3.8, 4) is 0 Å². The van der Waals surface area contributed by atoms with Gasteiger partial charge in [0.2, 0.25) is 20.0 Å². The zero-order chi connectivity index (χ0) is 16.9. The molecule has 1 aromatic rings. The maximum absolute atomic E-state index is 12.5. The minimum absolute atomic E-state index is 0. The smallest absolute Gasteiger partial charge is 0.243 e. The maximum Gasteiger partial charge on any atom is 0.243 e. The van der Waals surface area contributed by atoms with Crippen LogP contribution in [0.5, 0.6) is 0 Å². The number of anilines is 1. The van der Waals surface area contributed by atoms with Crippen molar-refractivity contribution >= 4 is 38.1 Å². The molecule has 1 saturated heterocycles. The lowest BCUT2D eigenvalue weighted by atomic mass is 10.3. The van der Waals surface area contributed by atoms with Gasteiger partial charge >= 0.3 is 0 Å². The van der Waals surface area contributed by atoms with E-state index in [1.807, 2.05) is 6.92 Å². The molecule has 0 atom stereocenters. The number of hydrogen-bond acceptors (Lipinski definition) is 5. The van der Waals surface area contributed by atoms with Gasteiger partial charge in [0.25, 0.3) is 0 Å². The van der Waals surface area contributed by atoms with Crippen LogP contribution in [0.1, 0.15) is 19.8 Å². The first-order valence-electron chi connectivity index (χ1n) is 7.66. The molecule has 0 aromatic heterocycles. The van der Waals surface area contributed by atoms with E-state index in [0.717, 1.165) is 6.42 Å². The van der Waals surface area contributed by atoms with Gasteiger partial charge in [0.15, 0.2) is 0 Å². The molecule has 0 amide bonds. The summed E-state index contributed by atoms with van der Waals surface area (Å²) < 4.78 is 52.6. The number of halogens is 1. The molecule has 2 N–H and O–H groups in total. The number of nitrogens with zero attached hydrogens (tertiary/aromatic N) is 1. The number of rotatable bonds is 7. The highest BCUT2D eigenvalue weighted by Crippen LogP contribution is 2.19. The average molecular weight is 398 g/mol. The van der Waals surface area contributed by atoms with Gasteiger partial charge in [-0.05, 0) is 30.7 Å². The second kappa shape index (κ2) is 9.00. The van der Waals surface area contributed by atoms with Crippen LogP contribution < -0.4 is 10.0 Å². The molecular formula is C14H24ClN3O4S2. The SMILES string of the molecule is CCCCS(=O)(=O)Nc1ccc(S(=O)(=O)N2CCNCC2)cc1.Cl. The molecule has 1 aliphatic rings. The lowest BCUT2D eigenvalue weighted by molar-refractivity contribution is 0.360. The molecule has 2 rings (SSSR count). The number of benzene rings is 1.